The summed E-state index contributed by atoms with van der Waals surface area (Å²) in [5, 5.41) is 7.26. The minimum absolute atomic E-state index is 0.0259. The van der Waals surface area contributed by atoms with Gasteiger partial charge in [0.1, 0.15) is 0 Å². The monoisotopic (exact) mass is 317 g/mol. The second kappa shape index (κ2) is 5.82. The van der Waals surface area contributed by atoms with E-state index in [4.69, 9.17) is 4.52 Å². The highest BCUT2D eigenvalue weighted by Crippen LogP contribution is 2.36. The summed E-state index contributed by atoms with van der Waals surface area (Å²) in [4.78, 5) is 11.8. The van der Waals surface area contributed by atoms with Crippen molar-refractivity contribution in [1.29, 1.82) is 0 Å². The summed E-state index contributed by atoms with van der Waals surface area (Å²) in [5.41, 5.74) is 0.184. The molecular weight excluding hydrogens is 303 g/mol. The zero-order chi connectivity index (χ0) is 16.5. The Bertz CT molecular complexity index is 661. The molecule has 9 heteroatoms. The molecule has 0 amide bonds. The molecule has 1 atom stereocenters. The highest BCUT2D eigenvalue weighted by Gasteiger charge is 2.45. The molecule has 0 saturated carbocycles. The van der Waals surface area contributed by atoms with Gasteiger partial charge in [-0.15, -0.1) is 0 Å². The molecule has 0 N–H and O–H groups in total. The van der Waals surface area contributed by atoms with Crippen molar-refractivity contribution >= 4 is 5.97 Å². The number of carbonyl (C=O) groups excluding carboxylic acids is 1. The molecule has 0 aliphatic rings. The topological polar surface area (TPSA) is 70.2 Å². The molecule has 0 bridgehead atoms. The maximum absolute atomic E-state index is 13.1. The van der Waals surface area contributed by atoms with E-state index in [2.05, 4.69) is 15.0 Å². The molecule has 22 heavy (non-hydrogen) atoms. The number of halogens is 3. The zero-order valence-corrected chi connectivity index (χ0v) is 12.1. The van der Waals surface area contributed by atoms with Crippen LogP contribution >= 0.6 is 0 Å². The smallest absolute Gasteiger partial charge is 0.429 e. The van der Waals surface area contributed by atoms with E-state index in [1.807, 2.05) is 0 Å². The molecule has 0 aromatic carbocycles. The molecule has 6 nitrogen and oxygen atoms in total. The number of ether oxygens (including phenoxy) is 1. The van der Waals surface area contributed by atoms with E-state index in [0.717, 1.165) is 12.4 Å². The fourth-order valence-corrected chi connectivity index (χ4v) is 1.72. The average molecular weight is 317 g/mol. The molecule has 2 aromatic heterocycles. The number of esters is 1. The van der Waals surface area contributed by atoms with Crippen LogP contribution in [0.5, 0.6) is 0 Å². The Morgan fingerprint density at radius 3 is 2.55 bits per heavy atom. The fraction of sp³-hybridized carbons (Fsp3) is 0.462. The normalized spacial score (nSPS) is 13.4. The first-order valence-electron chi connectivity index (χ1n) is 6.41. The van der Waals surface area contributed by atoms with Crippen molar-refractivity contribution in [2.75, 3.05) is 0 Å². The van der Waals surface area contributed by atoms with Crippen molar-refractivity contribution in [3.05, 3.63) is 35.5 Å². The first-order chi connectivity index (χ1) is 10.2. The van der Waals surface area contributed by atoms with Crippen LogP contribution in [0.15, 0.2) is 23.0 Å². The second-order valence-electron chi connectivity index (χ2n) is 5.05. The minimum Gasteiger partial charge on any atom is -0.442 e. The van der Waals surface area contributed by atoms with Gasteiger partial charge in [-0.3, -0.25) is 4.68 Å². The molecule has 2 rings (SSSR count). The summed E-state index contributed by atoms with van der Waals surface area (Å²) >= 11 is 0. The van der Waals surface area contributed by atoms with E-state index < -0.39 is 18.2 Å². The Hall–Kier alpha value is -2.32. The molecule has 0 radical (unpaired) electrons. The number of nitrogens with zero attached hydrogens (tertiary/aromatic N) is 3. The Morgan fingerprint density at radius 2 is 2.09 bits per heavy atom. The molecule has 0 aliphatic carbocycles. The van der Waals surface area contributed by atoms with Crippen molar-refractivity contribution < 1.29 is 27.2 Å². The van der Waals surface area contributed by atoms with Gasteiger partial charge >= 0.3 is 12.1 Å². The lowest BCUT2D eigenvalue weighted by molar-refractivity contribution is -0.207. The number of aryl methyl sites for hydroxylation is 1. The van der Waals surface area contributed by atoms with Crippen molar-refractivity contribution in [2.24, 2.45) is 7.05 Å². The second-order valence-corrected chi connectivity index (χ2v) is 5.05. The van der Waals surface area contributed by atoms with Crippen molar-refractivity contribution in [3.8, 4) is 0 Å². The zero-order valence-electron chi connectivity index (χ0n) is 12.1. The number of alkyl halides is 3. The van der Waals surface area contributed by atoms with Gasteiger partial charge in [0.05, 0.1) is 11.9 Å². The number of hydrogen-bond acceptors (Lipinski definition) is 5. The van der Waals surface area contributed by atoms with E-state index in [-0.39, 0.29) is 17.2 Å². The number of aromatic nitrogens is 3. The Labute approximate surface area is 123 Å². The third-order valence-corrected chi connectivity index (χ3v) is 2.87. The van der Waals surface area contributed by atoms with E-state index in [1.54, 1.807) is 13.8 Å². The van der Waals surface area contributed by atoms with Gasteiger partial charge in [0, 0.05) is 24.9 Å². The Balaban J connectivity index is 2.21. The van der Waals surface area contributed by atoms with Crippen LogP contribution in [-0.4, -0.2) is 27.1 Å². The maximum Gasteiger partial charge on any atom is 0.429 e. The van der Waals surface area contributed by atoms with Crippen LogP contribution in [0.3, 0.4) is 0 Å². The summed E-state index contributed by atoms with van der Waals surface area (Å²) in [6.07, 6.45) is -5.06. The van der Waals surface area contributed by atoms with E-state index in [0.29, 0.717) is 5.69 Å². The quantitative estimate of drug-likeness (QED) is 0.811. The molecule has 1 unspecified atom stereocenters. The van der Waals surface area contributed by atoms with Gasteiger partial charge in [-0.05, 0) is 5.92 Å². The largest absolute Gasteiger partial charge is 0.442 e. The summed E-state index contributed by atoms with van der Waals surface area (Å²) in [6.45, 7) is 3.61. The van der Waals surface area contributed by atoms with Crippen LogP contribution in [0.25, 0.3) is 0 Å². The van der Waals surface area contributed by atoms with Crippen molar-refractivity contribution in [3.63, 3.8) is 0 Å². The van der Waals surface area contributed by atoms with Gasteiger partial charge in [-0.25, -0.2) is 4.79 Å². The van der Waals surface area contributed by atoms with Gasteiger partial charge in [0.15, 0.2) is 0 Å². The SMILES string of the molecule is CC(C)c1cc(C(=O)OC(c2cnn(C)c2)C(F)(F)F)on1. The predicted molar refractivity (Wildman–Crippen MR) is 68.0 cm³/mol. The lowest BCUT2D eigenvalue weighted by Gasteiger charge is -2.18. The first-order valence-corrected chi connectivity index (χ1v) is 6.41. The third-order valence-electron chi connectivity index (χ3n) is 2.87. The van der Waals surface area contributed by atoms with Crippen molar-refractivity contribution in [1.82, 2.24) is 14.9 Å². The number of hydrogen-bond donors (Lipinski definition) is 0. The maximum atomic E-state index is 13.1. The molecule has 120 valence electrons. The van der Waals surface area contributed by atoms with Crippen LogP contribution in [-0.2, 0) is 11.8 Å². The predicted octanol–water partition coefficient (Wildman–Crippen LogP) is 2.99. The number of rotatable bonds is 4. The molecule has 0 aliphatic heterocycles. The minimum atomic E-state index is -4.76. The van der Waals surface area contributed by atoms with Crippen LogP contribution < -0.4 is 0 Å². The lowest BCUT2D eigenvalue weighted by atomic mass is 10.1. The molecule has 0 fully saturated rings. The van der Waals surface area contributed by atoms with Crippen LogP contribution in [0.2, 0.25) is 0 Å². The standard InChI is InChI=1S/C13H14F3N3O3/c1-7(2)9-4-10(22-18-9)12(20)21-11(13(14,15)16)8-5-17-19(3)6-8/h4-7,11H,1-3H3. The molecular formula is C13H14F3N3O3. The van der Waals surface area contributed by atoms with Crippen LogP contribution in [0, 0.1) is 0 Å². The molecule has 0 spiro atoms. The molecule has 2 heterocycles. The Kier molecular flexibility index (Phi) is 4.25. The first kappa shape index (κ1) is 16.1. The summed E-state index contributed by atoms with van der Waals surface area (Å²) in [5.74, 6) is -1.63. The van der Waals surface area contributed by atoms with Crippen LogP contribution in [0.4, 0.5) is 13.2 Å². The molecule has 0 saturated heterocycles. The summed E-state index contributed by atoms with van der Waals surface area (Å²) in [7, 11) is 1.46. The van der Waals surface area contributed by atoms with Gasteiger partial charge in [0.25, 0.3) is 0 Å². The highest BCUT2D eigenvalue weighted by molar-refractivity contribution is 5.86. The van der Waals surface area contributed by atoms with Gasteiger partial charge in [-0.1, -0.05) is 19.0 Å². The Morgan fingerprint density at radius 1 is 1.41 bits per heavy atom. The lowest BCUT2D eigenvalue weighted by Crippen LogP contribution is -2.26. The summed E-state index contributed by atoms with van der Waals surface area (Å²) in [6, 6.07) is 1.27. The van der Waals surface area contributed by atoms with Crippen LogP contribution in [0.1, 0.15) is 47.7 Å². The van der Waals surface area contributed by atoms with Gasteiger partial charge in [0.2, 0.25) is 11.9 Å². The average Bonchev–Trinajstić information content (AvgIpc) is 3.02. The van der Waals surface area contributed by atoms with E-state index >= 15 is 0 Å². The van der Waals surface area contributed by atoms with Gasteiger partial charge < -0.3 is 9.26 Å². The van der Waals surface area contributed by atoms with Gasteiger partial charge in [-0.2, -0.15) is 18.3 Å². The van der Waals surface area contributed by atoms with E-state index in [1.165, 1.54) is 17.8 Å². The van der Waals surface area contributed by atoms with Crippen molar-refractivity contribution in [2.45, 2.75) is 32.0 Å². The third kappa shape index (κ3) is 3.46. The molecule has 2 aromatic rings. The van der Waals surface area contributed by atoms with E-state index in [9.17, 15) is 18.0 Å². The summed E-state index contributed by atoms with van der Waals surface area (Å²) < 4.78 is 49.7. The fourth-order valence-electron chi connectivity index (χ4n) is 1.72. The number of carbonyl (C=O) groups is 1. The highest BCUT2D eigenvalue weighted by atomic mass is 19.4.